The maximum Gasteiger partial charge on any atom is 1.00 e. The van der Waals surface area contributed by atoms with E-state index in [1.54, 1.807) is 6.26 Å². The molecule has 0 aliphatic carbocycles. The number of ether oxygens (including phenoxy) is 2. The molecule has 0 spiro atoms. The molecule has 2 aromatic carbocycles. The van der Waals surface area contributed by atoms with Crippen molar-refractivity contribution >= 4 is 57.5 Å². The summed E-state index contributed by atoms with van der Waals surface area (Å²) < 4.78 is 31.4. The third-order valence-corrected chi connectivity index (χ3v) is 13.0. The smallest absolute Gasteiger partial charge is 1.00 e. The number of nitrogens with one attached hydrogen (secondary N) is 2. The van der Waals surface area contributed by atoms with Crippen LogP contribution < -0.4 is 113 Å². The van der Waals surface area contributed by atoms with Crippen LogP contribution in [0.5, 0.6) is 0 Å². The van der Waals surface area contributed by atoms with Gasteiger partial charge >= 0.3 is 115 Å². The van der Waals surface area contributed by atoms with Crippen LogP contribution in [0, 0.1) is 10.8 Å². The van der Waals surface area contributed by atoms with Gasteiger partial charge in [-0.3, -0.25) is 23.7 Å². The standard InChI is InChI=1S/C24H32ClNO3.C17H24BrClO2.C7H10N2.CH3F.CH2O3.2K.H/c1-4-28-23(27)24(2,3)14-8-7-11-21(19-9-5-6-10-20(19)25)26-15-12-22-18(17-26)13-16-29-22;1-4-21-16(20)17(2,3)12-8-7-10-14(18)13-9-5-6-11-15(13)19;1-4-9-7-2-3-8-5-6(1)7;1-2;2-1-4-3;;;/h5-6,9-10,13,16,21H,4,7-8,11-12,14-15,17H2,1-3H3;5-6,9,11,14H,4,7-8,10,12H2,1-3H3;1,4,8-9H,2-3,5H2;1H3;1,3H;;;/q;;;;;2*+1;-1/p-1/i;;;1D;;;;. The van der Waals surface area contributed by atoms with Crippen LogP contribution in [-0.4, -0.2) is 61.8 Å². The van der Waals surface area contributed by atoms with Crippen molar-refractivity contribution in [1.82, 2.24) is 15.2 Å². The van der Waals surface area contributed by atoms with Crippen LogP contribution in [0.4, 0.5) is 4.39 Å². The number of aromatic nitrogens is 1. The molecule has 2 aromatic heterocycles. The van der Waals surface area contributed by atoms with Crippen LogP contribution >= 0.6 is 39.1 Å². The third kappa shape index (κ3) is 24.2. The number of carbonyl (C=O) groups excluding carboxylic acids is 3. The summed E-state index contributed by atoms with van der Waals surface area (Å²) in [5, 5.41) is 13.4. The summed E-state index contributed by atoms with van der Waals surface area (Å²) in [6.45, 7) is 16.2. The van der Waals surface area contributed by atoms with Crippen molar-refractivity contribution in [3.8, 4) is 0 Å². The molecule has 0 saturated heterocycles. The Bertz CT molecular complexity index is 1980. The quantitative estimate of drug-likeness (QED) is 0.0235. The van der Waals surface area contributed by atoms with Crippen molar-refractivity contribution < 1.29 is 148 Å². The minimum atomic E-state index is -1.00. The van der Waals surface area contributed by atoms with Gasteiger partial charge < -0.3 is 35.8 Å². The molecule has 0 saturated carbocycles. The van der Waals surface area contributed by atoms with E-state index in [4.69, 9.17) is 48.5 Å². The first-order valence-corrected chi connectivity index (χ1v) is 24.0. The van der Waals surface area contributed by atoms with Gasteiger partial charge in [-0.1, -0.05) is 101 Å². The van der Waals surface area contributed by atoms with Crippen LogP contribution in [0.15, 0.2) is 77.5 Å². The van der Waals surface area contributed by atoms with E-state index in [2.05, 4.69) is 60.3 Å². The molecule has 0 fully saturated rings. The Kier molecular flexibility index (Phi) is 36.0. The number of halogens is 4. The number of fused-ring (bicyclic) bond motifs is 2. The monoisotopic (exact) mass is 1090 g/mol. The predicted molar refractivity (Wildman–Crippen MR) is 259 cm³/mol. The zero-order valence-electron chi connectivity index (χ0n) is 42.9. The molecular weight excluding hydrogens is 1020 g/mol. The predicted octanol–water partition coefficient (Wildman–Crippen LogP) is 5.91. The first kappa shape index (κ1) is 64.6. The van der Waals surface area contributed by atoms with Crippen molar-refractivity contribution in [2.24, 2.45) is 10.8 Å². The van der Waals surface area contributed by atoms with E-state index in [0.29, 0.717) is 13.2 Å². The molecule has 2 atom stereocenters. The van der Waals surface area contributed by atoms with E-state index < -0.39 is 18.0 Å². The second-order valence-electron chi connectivity index (χ2n) is 16.9. The Morgan fingerprint density at radius 3 is 1.96 bits per heavy atom. The Balaban J connectivity index is 0. The van der Waals surface area contributed by atoms with E-state index in [1.165, 1.54) is 22.4 Å². The molecule has 17 heteroatoms. The normalized spacial score (nSPS) is 13.8. The van der Waals surface area contributed by atoms with Crippen molar-refractivity contribution in [3.05, 3.63) is 117 Å². The summed E-state index contributed by atoms with van der Waals surface area (Å²) >= 11 is 16.5. The van der Waals surface area contributed by atoms with Crippen LogP contribution in [0.3, 0.4) is 0 Å². The number of furan rings is 1. The maximum atomic E-state index is 12.1. The van der Waals surface area contributed by atoms with Gasteiger partial charge in [0, 0.05) is 77.4 Å². The number of nitrogens with zero attached hydrogens (tertiary/aromatic N) is 1. The number of unbranched alkanes of at least 4 members (excludes halogenated alkanes) is 2. The number of alkyl halides is 2. The van der Waals surface area contributed by atoms with E-state index in [1.807, 2.05) is 84.1 Å². The van der Waals surface area contributed by atoms with Gasteiger partial charge in [-0.15, -0.1) is 0 Å². The summed E-state index contributed by atoms with van der Waals surface area (Å²) in [6, 6.07) is 20.5. The maximum absolute atomic E-state index is 12.1. The average Bonchev–Trinajstić information content (AvgIpc) is 3.99. The molecule has 6 rings (SSSR count). The molecule has 4 aromatic rings. The second kappa shape index (κ2) is 37.3. The van der Waals surface area contributed by atoms with Gasteiger partial charge in [-0.05, 0) is 108 Å². The first-order chi connectivity index (χ1) is 31.6. The summed E-state index contributed by atoms with van der Waals surface area (Å²) in [5.41, 5.74) is 5.59. The number of hydrogen-bond donors (Lipinski definition) is 2. The Labute approximate surface area is 505 Å². The van der Waals surface area contributed by atoms with E-state index in [9.17, 15) is 14.0 Å². The van der Waals surface area contributed by atoms with Gasteiger partial charge in [-0.2, -0.15) is 0 Å². The summed E-state index contributed by atoms with van der Waals surface area (Å²) in [5.74, 6) is 0.896. The Morgan fingerprint density at radius 1 is 0.896 bits per heavy atom. The molecule has 2 N–H and O–H groups in total. The second-order valence-corrected chi connectivity index (χ2v) is 18.8. The van der Waals surface area contributed by atoms with Crippen molar-refractivity contribution in [3.63, 3.8) is 0 Å². The fraction of sp³-hybridized carbons (Fsp3) is 0.540. The fourth-order valence-corrected chi connectivity index (χ4v) is 9.01. The van der Waals surface area contributed by atoms with Crippen molar-refractivity contribution in [2.75, 3.05) is 33.5 Å². The summed E-state index contributed by atoms with van der Waals surface area (Å²) in [6.07, 6.45) is 13.6. The van der Waals surface area contributed by atoms with E-state index >= 15 is 0 Å². The molecule has 67 heavy (non-hydrogen) atoms. The molecule has 11 nitrogen and oxygen atoms in total. The summed E-state index contributed by atoms with van der Waals surface area (Å²) in [4.78, 5) is 41.2. The van der Waals surface area contributed by atoms with Gasteiger partial charge in [-0.25, -0.2) is 0 Å². The van der Waals surface area contributed by atoms with Gasteiger partial charge in [0.05, 0.1) is 38.8 Å². The molecule has 2 aliphatic rings. The van der Waals surface area contributed by atoms with Crippen LogP contribution in [0.2, 0.25) is 10.0 Å². The molecule has 2 unspecified atom stereocenters. The number of H-pyrrole nitrogens is 1. The fourth-order valence-electron chi connectivity index (χ4n) is 7.62. The van der Waals surface area contributed by atoms with Crippen LogP contribution in [0.25, 0.3) is 0 Å². The molecule has 364 valence electrons. The number of esters is 2. The van der Waals surface area contributed by atoms with E-state index in [-0.39, 0.29) is 133 Å². The largest absolute Gasteiger partial charge is 1.00 e. The van der Waals surface area contributed by atoms with Gasteiger partial charge in [0.2, 0.25) is 0 Å². The van der Waals surface area contributed by atoms with Gasteiger partial charge in [0.15, 0.2) is 0 Å². The first-order valence-electron chi connectivity index (χ1n) is 23.0. The zero-order valence-corrected chi connectivity index (χ0v) is 50.3. The summed E-state index contributed by atoms with van der Waals surface area (Å²) in [7, 11) is -1.00. The van der Waals surface area contributed by atoms with Crippen LogP contribution in [0.1, 0.15) is 140 Å². The molecular formula is C50H71BrCl2FK2N3O8. The van der Waals surface area contributed by atoms with Gasteiger partial charge in [0.25, 0.3) is 6.47 Å². The number of hydrogen-bond acceptors (Lipinski definition) is 10. The minimum Gasteiger partial charge on any atom is -1.00 e. The minimum absolute atomic E-state index is 0. The third-order valence-electron chi connectivity index (χ3n) is 11.3. The number of aromatic amines is 1. The molecule has 0 amide bonds. The molecule has 4 heterocycles. The zero-order chi connectivity index (χ0) is 49.0. The molecule has 0 bridgehead atoms. The Hall–Kier alpha value is -0.447. The number of rotatable bonds is 18. The average molecular weight is 1090 g/mol. The van der Waals surface area contributed by atoms with Crippen LogP contribution in [-0.2, 0) is 54.7 Å². The number of benzene rings is 2. The van der Waals surface area contributed by atoms with Gasteiger partial charge in [0.1, 0.15) is 5.76 Å². The topological polar surface area (TPSA) is 146 Å². The Morgan fingerprint density at radius 2 is 1.43 bits per heavy atom. The van der Waals surface area contributed by atoms with Crippen molar-refractivity contribution in [2.45, 2.75) is 130 Å². The molecule has 0 radical (unpaired) electrons. The molecule has 2 aliphatic heterocycles. The SMILES string of the molecule is CCOC(=O)C(C)(C)CCCCC(Br)c1ccccc1Cl.CCOC(=O)C(C)(C)CCCCC(c1ccccc1Cl)N1CCc2occc2C1.O=CO[O-].[2H]CF.[H-].[K+].[K+].c1cc2c([nH]1)CCNC2. The number of carbonyl (C=O) groups is 3. The van der Waals surface area contributed by atoms with Crippen molar-refractivity contribution in [1.29, 1.82) is 0 Å². The van der Waals surface area contributed by atoms with E-state index in [0.717, 1.165) is 112 Å².